The first-order chi connectivity index (χ1) is 8.70. The van der Waals surface area contributed by atoms with E-state index in [4.69, 9.17) is 4.42 Å². The molecule has 0 spiro atoms. The predicted molar refractivity (Wildman–Crippen MR) is 67.3 cm³/mol. The molecule has 18 heavy (non-hydrogen) atoms. The third kappa shape index (κ3) is 2.75. The van der Waals surface area contributed by atoms with Crippen LogP contribution in [0.4, 0.5) is 5.69 Å². The molecule has 0 amide bonds. The zero-order valence-corrected chi connectivity index (χ0v) is 10.00. The second kappa shape index (κ2) is 5.46. The van der Waals surface area contributed by atoms with Gasteiger partial charge in [0.15, 0.2) is 0 Å². The van der Waals surface area contributed by atoms with Crippen LogP contribution in [0.2, 0.25) is 0 Å². The van der Waals surface area contributed by atoms with Crippen LogP contribution in [0.15, 0.2) is 47.3 Å². The first-order valence-corrected chi connectivity index (χ1v) is 5.63. The van der Waals surface area contributed by atoms with Crippen LogP contribution in [0.1, 0.15) is 17.2 Å². The molecular weight excluding hydrogens is 232 g/mol. The minimum Gasteiger partial charge on any atom is -0.472 e. The maximum atomic E-state index is 10.6. The van der Waals surface area contributed by atoms with Crippen molar-refractivity contribution < 1.29 is 9.34 Å². The first-order valence-electron chi connectivity index (χ1n) is 5.63. The summed E-state index contributed by atoms with van der Waals surface area (Å²) < 4.78 is 5.06. The number of nitro benzene ring substituents is 1. The van der Waals surface area contributed by atoms with Crippen molar-refractivity contribution in [2.45, 2.75) is 12.5 Å². The van der Waals surface area contributed by atoms with Crippen LogP contribution in [0.3, 0.4) is 0 Å². The Hall–Kier alpha value is -2.14. The summed E-state index contributed by atoms with van der Waals surface area (Å²) in [7, 11) is 1.88. The van der Waals surface area contributed by atoms with E-state index in [-0.39, 0.29) is 11.7 Å². The molecule has 0 fully saturated rings. The lowest BCUT2D eigenvalue weighted by Gasteiger charge is -2.14. The van der Waals surface area contributed by atoms with Gasteiger partial charge in [-0.25, -0.2) is 0 Å². The number of furan rings is 1. The topological polar surface area (TPSA) is 68.3 Å². The zero-order chi connectivity index (χ0) is 13.0. The van der Waals surface area contributed by atoms with Crippen molar-refractivity contribution in [1.29, 1.82) is 0 Å². The number of nitro groups is 1. The Balaban J connectivity index is 2.10. The van der Waals surface area contributed by atoms with Crippen LogP contribution in [-0.2, 0) is 6.42 Å². The molecule has 5 nitrogen and oxygen atoms in total. The smallest absolute Gasteiger partial charge is 0.269 e. The van der Waals surface area contributed by atoms with E-state index < -0.39 is 4.92 Å². The number of rotatable bonds is 5. The fourth-order valence-corrected chi connectivity index (χ4v) is 1.85. The third-order valence-corrected chi connectivity index (χ3v) is 2.88. The molecule has 0 saturated carbocycles. The summed E-state index contributed by atoms with van der Waals surface area (Å²) >= 11 is 0. The molecule has 1 N–H and O–H groups in total. The molecule has 0 aliphatic heterocycles. The molecule has 0 saturated heterocycles. The van der Waals surface area contributed by atoms with E-state index in [1.54, 1.807) is 24.7 Å². The predicted octanol–water partition coefficient (Wildman–Crippen LogP) is 2.69. The minimum atomic E-state index is -0.393. The van der Waals surface area contributed by atoms with Crippen LogP contribution in [0.25, 0.3) is 0 Å². The molecular formula is C13H14N2O3. The van der Waals surface area contributed by atoms with Crippen molar-refractivity contribution in [3.63, 3.8) is 0 Å². The van der Waals surface area contributed by atoms with Crippen molar-refractivity contribution in [3.05, 3.63) is 64.1 Å². The third-order valence-electron chi connectivity index (χ3n) is 2.88. The summed E-state index contributed by atoms with van der Waals surface area (Å²) in [6.45, 7) is 0. The van der Waals surface area contributed by atoms with E-state index in [1.807, 2.05) is 13.1 Å². The summed E-state index contributed by atoms with van der Waals surface area (Å²) in [5, 5.41) is 13.8. The molecule has 1 heterocycles. The van der Waals surface area contributed by atoms with Gasteiger partial charge in [0, 0.05) is 23.7 Å². The SMILES string of the molecule is CNC(Cc1ccc([N+](=O)[O-])cc1)c1ccoc1. The molecule has 0 bridgehead atoms. The number of nitrogens with one attached hydrogen (secondary N) is 1. The van der Waals surface area contributed by atoms with Crippen molar-refractivity contribution in [3.8, 4) is 0 Å². The molecule has 0 aliphatic rings. The van der Waals surface area contributed by atoms with Gasteiger partial charge in [0.2, 0.25) is 0 Å². The standard InChI is InChI=1S/C13H14N2O3/c1-14-13(11-6-7-18-9-11)8-10-2-4-12(5-3-10)15(16)17/h2-7,9,13-14H,8H2,1H3. The maximum Gasteiger partial charge on any atom is 0.269 e. The molecule has 0 radical (unpaired) electrons. The molecule has 1 aromatic heterocycles. The number of likely N-dealkylation sites (N-methyl/N-ethyl adjacent to an activating group) is 1. The summed E-state index contributed by atoms with van der Waals surface area (Å²) in [5.74, 6) is 0. The van der Waals surface area contributed by atoms with E-state index >= 15 is 0 Å². The molecule has 1 atom stereocenters. The summed E-state index contributed by atoms with van der Waals surface area (Å²) in [6.07, 6.45) is 4.09. The Labute approximate surface area is 105 Å². The normalized spacial score (nSPS) is 12.3. The Morgan fingerprint density at radius 1 is 1.33 bits per heavy atom. The van der Waals surface area contributed by atoms with Gasteiger partial charge < -0.3 is 9.73 Å². The van der Waals surface area contributed by atoms with E-state index in [0.29, 0.717) is 0 Å². The van der Waals surface area contributed by atoms with Crippen LogP contribution in [0, 0.1) is 10.1 Å². The Kier molecular flexibility index (Phi) is 3.74. The monoisotopic (exact) mass is 246 g/mol. The molecule has 5 heteroatoms. The van der Waals surface area contributed by atoms with Gasteiger partial charge in [-0.05, 0) is 25.1 Å². The van der Waals surface area contributed by atoms with Gasteiger partial charge in [0.05, 0.1) is 17.4 Å². The molecule has 2 aromatic rings. The highest BCUT2D eigenvalue weighted by Gasteiger charge is 2.12. The average molecular weight is 246 g/mol. The number of hydrogen-bond acceptors (Lipinski definition) is 4. The van der Waals surface area contributed by atoms with E-state index in [1.165, 1.54) is 12.1 Å². The van der Waals surface area contributed by atoms with Crippen molar-refractivity contribution in [2.24, 2.45) is 0 Å². The quantitative estimate of drug-likeness (QED) is 0.650. The van der Waals surface area contributed by atoms with E-state index in [0.717, 1.165) is 17.5 Å². The second-order valence-electron chi connectivity index (χ2n) is 4.03. The largest absolute Gasteiger partial charge is 0.472 e. The Bertz CT molecular complexity index is 506. The number of benzene rings is 1. The second-order valence-corrected chi connectivity index (χ2v) is 4.03. The van der Waals surface area contributed by atoms with Gasteiger partial charge in [-0.1, -0.05) is 12.1 Å². The minimum absolute atomic E-state index is 0.114. The van der Waals surface area contributed by atoms with E-state index in [2.05, 4.69) is 5.32 Å². The van der Waals surface area contributed by atoms with Crippen LogP contribution in [0.5, 0.6) is 0 Å². The number of non-ortho nitro benzene ring substituents is 1. The van der Waals surface area contributed by atoms with E-state index in [9.17, 15) is 10.1 Å². The lowest BCUT2D eigenvalue weighted by atomic mass is 10.0. The fourth-order valence-electron chi connectivity index (χ4n) is 1.85. The van der Waals surface area contributed by atoms with Crippen LogP contribution in [-0.4, -0.2) is 12.0 Å². The molecule has 1 unspecified atom stereocenters. The average Bonchev–Trinajstić information content (AvgIpc) is 2.90. The Morgan fingerprint density at radius 3 is 2.56 bits per heavy atom. The summed E-state index contributed by atoms with van der Waals surface area (Å²) in [6, 6.07) is 8.66. The molecule has 0 aliphatic carbocycles. The first kappa shape index (κ1) is 12.3. The highest BCUT2D eigenvalue weighted by Crippen LogP contribution is 2.20. The van der Waals surface area contributed by atoms with Gasteiger partial charge in [0.1, 0.15) is 0 Å². The lowest BCUT2D eigenvalue weighted by Crippen LogP contribution is -2.18. The molecule has 2 rings (SSSR count). The van der Waals surface area contributed by atoms with Gasteiger partial charge in [0.25, 0.3) is 5.69 Å². The van der Waals surface area contributed by atoms with Gasteiger partial charge in [-0.2, -0.15) is 0 Å². The maximum absolute atomic E-state index is 10.6. The highest BCUT2D eigenvalue weighted by molar-refractivity contribution is 5.33. The van der Waals surface area contributed by atoms with Crippen molar-refractivity contribution in [2.75, 3.05) is 7.05 Å². The van der Waals surface area contributed by atoms with Crippen LogP contribution >= 0.6 is 0 Å². The number of nitrogens with zero attached hydrogens (tertiary/aromatic N) is 1. The molecule has 94 valence electrons. The number of hydrogen-bond donors (Lipinski definition) is 1. The van der Waals surface area contributed by atoms with Gasteiger partial charge in [-0.3, -0.25) is 10.1 Å². The van der Waals surface area contributed by atoms with Gasteiger partial charge >= 0.3 is 0 Å². The lowest BCUT2D eigenvalue weighted by molar-refractivity contribution is -0.384. The summed E-state index contributed by atoms with van der Waals surface area (Å²) in [5.41, 5.74) is 2.22. The fraction of sp³-hybridized carbons (Fsp3) is 0.231. The van der Waals surface area contributed by atoms with Crippen LogP contribution < -0.4 is 5.32 Å². The summed E-state index contributed by atoms with van der Waals surface area (Å²) in [4.78, 5) is 10.2. The highest BCUT2D eigenvalue weighted by atomic mass is 16.6. The van der Waals surface area contributed by atoms with Gasteiger partial charge in [-0.15, -0.1) is 0 Å². The van der Waals surface area contributed by atoms with Crippen molar-refractivity contribution >= 4 is 5.69 Å². The van der Waals surface area contributed by atoms with Crippen molar-refractivity contribution in [1.82, 2.24) is 5.32 Å². The molecule has 1 aromatic carbocycles. The zero-order valence-electron chi connectivity index (χ0n) is 10.00. The Morgan fingerprint density at radius 2 is 2.06 bits per heavy atom.